The minimum absolute atomic E-state index is 0.0448. The molecule has 0 saturated heterocycles. The number of hydrogen-bond acceptors (Lipinski definition) is 4. The molecule has 3 rings (SSSR count). The summed E-state index contributed by atoms with van der Waals surface area (Å²) in [5.41, 5.74) is 2.99. The van der Waals surface area contributed by atoms with Crippen LogP contribution in [0.2, 0.25) is 0 Å². The fourth-order valence-electron chi connectivity index (χ4n) is 2.30. The Morgan fingerprint density at radius 2 is 1.90 bits per heavy atom. The molecule has 0 aliphatic carbocycles. The van der Waals surface area contributed by atoms with Crippen LogP contribution in [-0.2, 0) is 0 Å². The molecule has 0 atom stereocenters. The molecule has 0 bridgehead atoms. The van der Waals surface area contributed by atoms with Crippen LogP contribution in [0.15, 0.2) is 41.4 Å². The summed E-state index contributed by atoms with van der Waals surface area (Å²) in [4.78, 5) is 21.1. The first-order chi connectivity index (χ1) is 9.69. The van der Waals surface area contributed by atoms with E-state index in [0.29, 0.717) is 17.1 Å². The van der Waals surface area contributed by atoms with Gasteiger partial charge in [0.15, 0.2) is 11.6 Å². The molecular formula is C16H14N2O2. The monoisotopic (exact) mass is 266 g/mol. The molecule has 1 aromatic heterocycles. The third kappa shape index (κ3) is 2.09. The van der Waals surface area contributed by atoms with Gasteiger partial charge in [-0.2, -0.15) is 0 Å². The van der Waals surface area contributed by atoms with Gasteiger partial charge in [0, 0.05) is 11.3 Å². The molecular weight excluding hydrogens is 252 g/mol. The number of pyridine rings is 1. The zero-order valence-electron chi connectivity index (χ0n) is 11.4. The summed E-state index contributed by atoms with van der Waals surface area (Å²) in [5, 5.41) is 0. The summed E-state index contributed by atoms with van der Waals surface area (Å²) in [5.74, 6) is 1.26. The smallest absolute Gasteiger partial charge is 0.172 e. The summed E-state index contributed by atoms with van der Waals surface area (Å²) < 4.78 is 5.33. The maximum Gasteiger partial charge on any atom is 0.172 e. The molecule has 2 heterocycles. The number of ether oxygens (including phenoxy) is 1. The number of ketones is 1. The minimum atomic E-state index is 0.0448. The van der Waals surface area contributed by atoms with E-state index in [0.717, 1.165) is 17.0 Å². The van der Waals surface area contributed by atoms with Crippen molar-refractivity contribution in [1.82, 2.24) is 4.98 Å². The fraction of sp³-hybridized carbons (Fsp3) is 0.188. The summed E-state index contributed by atoms with van der Waals surface area (Å²) in [6.45, 7) is 1.89. The number of methoxy groups -OCH3 is 1. The Bertz CT molecular complexity index is 720. The van der Waals surface area contributed by atoms with Crippen LogP contribution in [0.25, 0.3) is 0 Å². The van der Waals surface area contributed by atoms with Crippen LogP contribution in [0.4, 0.5) is 5.82 Å². The van der Waals surface area contributed by atoms with Gasteiger partial charge >= 0.3 is 0 Å². The number of carbonyl (C=O) groups excluding carboxylic acids is 1. The number of para-hydroxylation sites is 1. The molecule has 0 N–H and O–H groups in total. The number of hydrogen-bond donors (Lipinski definition) is 0. The molecule has 1 aliphatic rings. The van der Waals surface area contributed by atoms with Gasteiger partial charge in [-0.05, 0) is 31.2 Å². The molecule has 4 nitrogen and oxygen atoms in total. The van der Waals surface area contributed by atoms with Crippen LogP contribution in [-0.4, -0.2) is 23.6 Å². The van der Waals surface area contributed by atoms with E-state index in [2.05, 4.69) is 9.98 Å². The zero-order valence-corrected chi connectivity index (χ0v) is 11.4. The molecule has 0 unspecified atom stereocenters. The van der Waals surface area contributed by atoms with Gasteiger partial charge in [-0.3, -0.25) is 4.79 Å². The molecule has 1 aliphatic heterocycles. The van der Waals surface area contributed by atoms with Gasteiger partial charge < -0.3 is 4.74 Å². The number of aryl methyl sites for hydroxylation is 1. The van der Waals surface area contributed by atoms with Gasteiger partial charge in [0.25, 0.3) is 0 Å². The third-order valence-electron chi connectivity index (χ3n) is 3.30. The lowest BCUT2D eigenvalue weighted by Crippen LogP contribution is -2.16. The van der Waals surface area contributed by atoms with Crippen LogP contribution in [0, 0.1) is 6.92 Å². The standard InChI is InChI=1S/C16H14N2O2/c1-10-7-8-12-14(19)9-13(18-16(12)17-10)11-5-3-4-6-15(11)20-2/h3-8H,9H2,1-2H3. The Balaban J connectivity index is 2.14. The van der Waals surface area contributed by atoms with Crippen molar-refractivity contribution in [2.45, 2.75) is 13.3 Å². The molecule has 0 spiro atoms. The van der Waals surface area contributed by atoms with Crippen molar-refractivity contribution in [3.8, 4) is 5.75 Å². The molecule has 0 fully saturated rings. The molecule has 2 aromatic rings. The van der Waals surface area contributed by atoms with Crippen LogP contribution < -0.4 is 4.74 Å². The summed E-state index contributed by atoms with van der Waals surface area (Å²) >= 11 is 0. The number of fused-ring (bicyclic) bond motifs is 1. The summed E-state index contributed by atoms with van der Waals surface area (Å²) in [6.07, 6.45) is 0.276. The maximum atomic E-state index is 12.2. The number of rotatable bonds is 2. The average molecular weight is 266 g/mol. The Labute approximate surface area is 117 Å². The van der Waals surface area contributed by atoms with E-state index in [1.165, 1.54) is 0 Å². The van der Waals surface area contributed by atoms with Crippen molar-refractivity contribution in [1.29, 1.82) is 0 Å². The second-order valence-corrected chi connectivity index (χ2v) is 4.68. The van der Waals surface area contributed by atoms with Gasteiger partial charge in [-0.25, -0.2) is 9.98 Å². The number of aromatic nitrogens is 1. The molecule has 1 aromatic carbocycles. The lowest BCUT2D eigenvalue weighted by atomic mass is 9.97. The topological polar surface area (TPSA) is 51.6 Å². The van der Waals surface area contributed by atoms with Crippen molar-refractivity contribution in [3.63, 3.8) is 0 Å². The molecule has 4 heteroatoms. The predicted octanol–water partition coefficient (Wildman–Crippen LogP) is 3.11. The van der Waals surface area contributed by atoms with Crippen LogP contribution in [0.3, 0.4) is 0 Å². The quantitative estimate of drug-likeness (QED) is 0.839. The molecule has 0 saturated carbocycles. The van der Waals surface area contributed by atoms with Gasteiger partial charge in [0.05, 0.1) is 24.8 Å². The van der Waals surface area contributed by atoms with E-state index in [-0.39, 0.29) is 12.2 Å². The van der Waals surface area contributed by atoms with Crippen LogP contribution in [0.1, 0.15) is 28.0 Å². The van der Waals surface area contributed by atoms with Crippen LogP contribution in [0.5, 0.6) is 5.75 Å². The average Bonchev–Trinajstić information content (AvgIpc) is 2.46. The Morgan fingerprint density at radius 3 is 2.70 bits per heavy atom. The minimum Gasteiger partial charge on any atom is -0.496 e. The summed E-state index contributed by atoms with van der Waals surface area (Å²) in [6, 6.07) is 11.2. The SMILES string of the molecule is COc1ccccc1C1=Nc2nc(C)ccc2C(=O)C1. The van der Waals surface area contributed by atoms with E-state index in [4.69, 9.17) is 4.74 Å². The highest BCUT2D eigenvalue weighted by Crippen LogP contribution is 2.29. The Kier molecular flexibility index (Phi) is 3.06. The first-order valence-electron chi connectivity index (χ1n) is 6.41. The number of nitrogens with zero attached hydrogens (tertiary/aromatic N) is 2. The number of Topliss-reactive ketones (excluding diaryl/α,β-unsaturated/α-hetero) is 1. The number of carbonyl (C=O) groups is 1. The number of benzene rings is 1. The zero-order chi connectivity index (χ0) is 14.1. The van der Waals surface area contributed by atoms with Crippen molar-refractivity contribution in [2.75, 3.05) is 7.11 Å². The van der Waals surface area contributed by atoms with Gasteiger partial charge in [-0.15, -0.1) is 0 Å². The van der Waals surface area contributed by atoms with Crippen LogP contribution >= 0.6 is 0 Å². The normalized spacial score (nSPS) is 13.7. The first kappa shape index (κ1) is 12.5. The Morgan fingerprint density at radius 1 is 1.10 bits per heavy atom. The predicted molar refractivity (Wildman–Crippen MR) is 77.1 cm³/mol. The Hall–Kier alpha value is -2.49. The maximum absolute atomic E-state index is 12.2. The van der Waals surface area contributed by atoms with Gasteiger partial charge in [0.2, 0.25) is 0 Å². The van der Waals surface area contributed by atoms with Gasteiger partial charge in [-0.1, -0.05) is 12.1 Å². The van der Waals surface area contributed by atoms with Crippen molar-refractivity contribution in [2.24, 2.45) is 4.99 Å². The molecule has 20 heavy (non-hydrogen) atoms. The van der Waals surface area contributed by atoms with E-state index < -0.39 is 0 Å². The second kappa shape index (κ2) is 4.89. The molecule has 100 valence electrons. The fourth-order valence-corrected chi connectivity index (χ4v) is 2.30. The lowest BCUT2D eigenvalue weighted by Gasteiger charge is -2.16. The van der Waals surface area contributed by atoms with E-state index in [9.17, 15) is 4.79 Å². The summed E-state index contributed by atoms with van der Waals surface area (Å²) in [7, 11) is 1.61. The second-order valence-electron chi connectivity index (χ2n) is 4.68. The van der Waals surface area contributed by atoms with E-state index >= 15 is 0 Å². The molecule has 0 radical (unpaired) electrons. The number of aliphatic imine (C=N–C) groups is 1. The van der Waals surface area contributed by atoms with Gasteiger partial charge in [0.1, 0.15) is 5.75 Å². The van der Waals surface area contributed by atoms with Crippen molar-refractivity contribution < 1.29 is 9.53 Å². The highest BCUT2D eigenvalue weighted by atomic mass is 16.5. The highest BCUT2D eigenvalue weighted by Gasteiger charge is 2.23. The largest absolute Gasteiger partial charge is 0.496 e. The van der Waals surface area contributed by atoms with Crippen molar-refractivity contribution >= 4 is 17.3 Å². The lowest BCUT2D eigenvalue weighted by molar-refractivity contribution is 0.0999. The van der Waals surface area contributed by atoms with E-state index in [1.807, 2.05) is 37.3 Å². The molecule has 0 amide bonds. The third-order valence-corrected chi connectivity index (χ3v) is 3.30. The van der Waals surface area contributed by atoms with Crippen molar-refractivity contribution in [3.05, 3.63) is 53.2 Å². The van der Waals surface area contributed by atoms with E-state index in [1.54, 1.807) is 13.2 Å². The first-order valence-corrected chi connectivity index (χ1v) is 6.41. The highest BCUT2D eigenvalue weighted by molar-refractivity contribution is 6.21.